The SMILES string of the molecule is Cn1cc(CCC(=O)N2CCC3(CC2)OCCC[C@H]3O)cn1. The van der Waals surface area contributed by atoms with Crippen LogP contribution in [0.3, 0.4) is 0 Å². The number of nitrogens with zero attached hydrogens (tertiary/aromatic N) is 3. The fourth-order valence-electron chi connectivity index (χ4n) is 3.53. The smallest absolute Gasteiger partial charge is 0.222 e. The van der Waals surface area contributed by atoms with Gasteiger partial charge in [-0.25, -0.2) is 0 Å². The lowest BCUT2D eigenvalue weighted by Gasteiger charge is -2.46. The third-order valence-corrected chi connectivity index (χ3v) is 4.97. The largest absolute Gasteiger partial charge is 0.390 e. The van der Waals surface area contributed by atoms with Gasteiger partial charge in [-0.3, -0.25) is 9.48 Å². The van der Waals surface area contributed by atoms with Crippen molar-refractivity contribution >= 4 is 5.91 Å². The van der Waals surface area contributed by atoms with Crippen LogP contribution in [0.2, 0.25) is 0 Å². The number of aliphatic hydroxyl groups excluding tert-OH is 1. The summed E-state index contributed by atoms with van der Waals surface area (Å²) in [6.45, 7) is 2.10. The van der Waals surface area contributed by atoms with E-state index in [1.54, 1.807) is 4.68 Å². The third kappa shape index (κ3) is 3.17. The first kappa shape index (κ1) is 15.5. The number of carbonyl (C=O) groups is 1. The predicted octanol–water partition coefficient (Wildman–Crippen LogP) is 0.885. The van der Waals surface area contributed by atoms with Gasteiger partial charge in [0.25, 0.3) is 0 Å². The molecule has 1 atom stereocenters. The number of carbonyl (C=O) groups excluding carboxylic acids is 1. The molecule has 1 amide bonds. The van der Waals surface area contributed by atoms with Crippen molar-refractivity contribution in [2.75, 3.05) is 19.7 Å². The first-order valence-corrected chi connectivity index (χ1v) is 8.16. The summed E-state index contributed by atoms with van der Waals surface area (Å²) in [5, 5.41) is 14.3. The lowest BCUT2D eigenvalue weighted by atomic mass is 9.82. The zero-order valence-electron chi connectivity index (χ0n) is 13.2. The van der Waals surface area contributed by atoms with Crippen LogP contribution in [-0.4, -0.2) is 57.1 Å². The van der Waals surface area contributed by atoms with Crippen molar-refractivity contribution in [2.45, 2.75) is 50.2 Å². The molecule has 0 saturated carbocycles. The Balaban J connectivity index is 1.49. The molecule has 1 spiro atoms. The molecule has 3 rings (SSSR count). The zero-order valence-corrected chi connectivity index (χ0v) is 13.2. The molecule has 0 aromatic carbocycles. The number of amides is 1. The molecular formula is C16H25N3O3. The van der Waals surface area contributed by atoms with Crippen LogP contribution in [0, 0.1) is 0 Å². The maximum Gasteiger partial charge on any atom is 0.222 e. The highest BCUT2D eigenvalue weighted by molar-refractivity contribution is 5.76. The van der Waals surface area contributed by atoms with Gasteiger partial charge in [-0.2, -0.15) is 5.10 Å². The van der Waals surface area contributed by atoms with Crippen LogP contribution in [0.25, 0.3) is 0 Å². The zero-order chi connectivity index (χ0) is 15.6. The highest BCUT2D eigenvalue weighted by Crippen LogP contribution is 2.35. The summed E-state index contributed by atoms with van der Waals surface area (Å²) < 4.78 is 7.64. The van der Waals surface area contributed by atoms with Crippen molar-refractivity contribution in [1.82, 2.24) is 14.7 Å². The molecule has 0 radical (unpaired) electrons. The van der Waals surface area contributed by atoms with Crippen molar-refractivity contribution in [2.24, 2.45) is 7.05 Å². The predicted molar refractivity (Wildman–Crippen MR) is 81.3 cm³/mol. The summed E-state index contributed by atoms with van der Waals surface area (Å²) in [6, 6.07) is 0. The van der Waals surface area contributed by atoms with E-state index >= 15 is 0 Å². The van der Waals surface area contributed by atoms with Gasteiger partial charge < -0.3 is 14.7 Å². The maximum atomic E-state index is 12.3. The molecule has 22 heavy (non-hydrogen) atoms. The van der Waals surface area contributed by atoms with E-state index < -0.39 is 5.60 Å². The van der Waals surface area contributed by atoms with Crippen LogP contribution >= 0.6 is 0 Å². The first-order valence-electron chi connectivity index (χ1n) is 8.16. The van der Waals surface area contributed by atoms with Crippen molar-refractivity contribution < 1.29 is 14.6 Å². The monoisotopic (exact) mass is 307 g/mol. The standard InChI is InChI=1S/C16H25N3O3/c1-18-12-13(11-17-18)4-5-15(21)19-8-6-16(7-9-19)14(20)3-2-10-22-16/h11-12,14,20H,2-10H2,1H3/t14-/m1/s1. The van der Waals surface area contributed by atoms with Crippen LogP contribution < -0.4 is 0 Å². The average molecular weight is 307 g/mol. The number of aromatic nitrogens is 2. The van der Waals surface area contributed by atoms with Crippen LogP contribution in [0.5, 0.6) is 0 Å². The molecule has 2 fully saturated rings. The van der Waals surface area contributed by atoms with E-state index in [0.29, 0.717) is 19.5 Å². The van der Waals surface area contributed by atoms with Crippen LogP contribution in [0.15, 0.2) is 12.4 Å². The van der Waals surface area contributed by atoms with Crippen molar-refractivity contribution in [1.29, 1.82) is 0 Å². The number of aliphatic hydroxyl groups is 1. The minimum absolute atomic E-state index is 0.184. The number of hydrogen-bond acceptors (Lipinski definition) is 4. The number of piperidine rings is 1. The van der Waals surface area contributed by atoms with E-state index in [1.807, 2.05) is 24.3 Å². The quantitative estimate of drug-likeness (QED) is 0.900. The van der Waals surface area contributed by atoms with E-state index in [1.165, 1.54) is 0 Å². The highest BCUT2D eigenvalue weighted by Gasteiger charge is 2.44. The second-order valence-corrected chi connectivity index (χ2v) is 6.47. The van der Waals surface area contributed by atoms with E-state index in [9.17, 15) is 9.90 Å². The maximum absolute atomic E-state index is 12.3. The van der Waals surface area contributed by atoms with Gasteiger partial charge in [0, 0.05) is 39.4 Å². The molecule has 1 N–H and O–H groups in total. The number of ether oxygens (including phenoxy) is 1. The van der Waals surface area contributed by atoms with Gasteiger partial charge in [0.2, 0.25) is 5.91 Å². The van der Waals surface area contributed by atoms with E-state index in [2.05, 4.69) is 5.10 Å². The Morgan fingerprint density at radius 2 is 2.27 bits per heavy atom. The van der Waals surface area contributed by atoms with Crippen molar-refractivity contribution in [3.63, 3.8) is 0 Å². The van der Waals surface area contributed by atoms with Gasteiger partial charge in [-0.15, -0.1) is 0 Å². The minimum Gasteiger partial charge on any atom is -0.390 e. The molecular weight excluding hydrogens is 282 g/mol. The second kappa shape index (κ2) is 6.38. The number of rotatable bonds is 3. The Hall–Kier alpha value is -1.40. The molecule has 2 aliphatic rings. The Morgan fingerprint density at radius 1 is 1.50 bits per heavy atom. The molecule has 3 heterocycles. The highest BCUT2D eigenvalue weighted by atomic mass is 16.5. The molecule has 6 nitrogen and oxygen atoms in total. The van der Waals surface area contributed by atoms with Gasteiger partial charge >= 0.3 is 0 Å². The van der Waals surface area contributed by atoms with Crippen molar-refractivity contribution in [3.05, 3.63) is 18.0 Å². The normalized spacial score (nSPS) is 24.6. The van der Waals surface area contributed by atoms with Gasteiger partial charge in [-0.05, 0) is 37.7 Å². The number of likely N-dealkylation sites (tertiary alicyclic amines) is 1. The third-order valence-electron chi connectivity index (χ3n) is 4.97. The second-order valence-electron chi connectivity index (χ2n) is 6.47. The average Bonchev–Trinajstić information content (AvgIpc) is 2.94. The summed E-state index contributed by atoms with van der Waals surface area (Å²) in [7, 11) is 1.88. The molecule has 0 unspecified atom stereocenters. The summed E-state index contributed by atoms with van der Waals surface area (Å²) in [4.78, 5) is 14.2. The Kier molecular flexibility index (Phi) is 4.49. The first-order chi connectivity index (χ1) is 10.6. The lowest BCUT2D eigenvalue weighted by Crippen LogP contribution is -2.56. The number of aryl methyl sites for hydroxylation is 2. The molecule has 2 aliphatic heterocycles. The minimum atomic E-state index is -0.404. The molecule has 6 heteroatoms. The summed E-state index contributed by atoms with van der Waals surface area (Å²) in [5.41, 5.74) is 0.689. The molecule has 122 valence electrons. The van der Waals surface area contributed by atoms with Crippen LogP contribution in [-0.2, 0) is 23.0 Å². The van der Waals surface area contributed by atoms with Crippen molar-refractivity contribution in [3.8, 4) is 0 Å². The molecule has 1 aromatic heterocycles. The van der Waals surface area contributed by atoms with Crippen LogP contribution in [0.4, 0.5) is 0 Å². The summed E-state index contributed by atoms with van der Waals surface area (Å²) >= 11 is 0. The Labute approximate surface area is 131 Å². The van der Waals surface area contributed by atoms with E-state index in [0.717, 1.165) is 44.3 Å². The van der Waals surface area contributed by atoms with Crippen LogP contribution in [0.1, 0.15) is 37.7 Å². The van der Waals surface area contributed by atoms with E-state index in [-0.39, 0.29) is 12.0 Å². The van der Waals surface area contributed by atoms with Gasteiger partial charge in [0.15, 0.2) is 0 Å². The van der Waals surface area contributed by atoms with Gasteiger partial charge in [0.05, 0.1) is 17.9 Å². The summed E-state index contributed by atoms with van der Waals surface area (Å²) in [6.07, 6.45) is 7.85. The lowest BCUT2D eigenvalue weighted by molar-refractivity contribution is -0.179. The molecule has 0 bridgehead atoms. The summed E-state index contributed by atoms with van der Waals surface area (Å²) in [5.74, 6) is 0.184. The van der Waals surface area contributed by atoms with Gasteiger partial charge in [-0.1, -0.05) is 0 Å². The fraction of sp³-hybridized carbons (Fsp3) is 0.750. The number of hydrogen-bond donors (Lipinski definition) is 1. The Morgan fingerprint density at radius 3 is 2.91 bits per heavy atom. The Bertz CT molecular complexity index is 520. The fourth-order valence-corrected chi connectivity index (χ4v) is 3.53. The molecule has 2 saturated heterocycles. The molecule has 1 aromatic rings. The van der Waals surface area contributed by atoms with Gasteiger partial charge in [0.1, 0.15) is 0 Å². The van der Waals surface area contributed by atoms with E-state index in [4.69, 9.17) is 4.74 Å². The molecule has 0 aliphatic carbocycles. The topological polar surface area (TPSA) is 67.6 Å².